The van der Waals surface area contributed by atoms with Crippen LogP contribution in [0.15, 0.2) is 16.9 Å². The van der Waals surface area contributed by atoms with Crippen molar-refractivity contribution in [2.75, 3.05) is 33.4 Å². The summed E-state index contributed by atoms with van der Waals surface area (Å²) in [6.07, 6.45) is 3.87. The minimum atomic E-state index is -0.0877. The van der Waals surface area contributed by atoms with Crippen molar-refractivity contribution in [3.8, 4) is 0 Å². The van der Waals surface area contributed by atoms with Crippen LogP contribution in [0.2, 0.25) is 0 Å². The summed E-state index contributed by atoms with van der Waals surface area (Å²) >= 11 is 0. The van der Waals surface area contributed by atoms with E-state index in [9.17, 15) is 9.59 Å². The van der Waals surface area contributed by atoms with Gasteiger partial charge in [-0.15, -0.1) is 0 Å². The Balaban J connectivity index is 1.58. The molecule has 2 aromatic rings. The van der Waals surface area contributed by atoms with Gasteiger partial charge < -0.3 is 14.5 Å². The van der Waals surface area contributed by atoms with Gasteiger partial charge in [0, 0.05) is 37.7 Å². The lowest BCUT2D eigenvalue weighted by Crippen LogP contribution is -2.38. The molecule has 158 valence electrons. The van der Waals surface area contributed by atoms with E-state index in [1.807, 2.05) is 11.0 Å². The van der Waals surface area contributed by atoms with Gasteiger partial charge in [0.05, 0.1) is 17.4 Å². The molecule has 0 unspecified atom stereocenters. The number of hydrogen-bond donors (Lipinski definition) is 1. The number of likely N-dealkylation sites (tertiary alicyclic amines) is 2. The molecule has 8 heteroatoms. The van der Waals surface area contributed by atoms with Gasteiger partial charge in [0.15, 0.2) is 5.65 Å². The number of nitrogens with one attached hydrogen (secondary N) is 1. The second-order valence-corrected chi connectivity index (χ2v) is 8.51. The number of piperidine rings is 1. The van der Waals surface area contributed by atoms with Crippen molar-refractivity contribution in [1.82, 2.24) is 24.4 Å². The number of aromatic nitrogens is 3. The molecular weight excluding hydrogens is 370 g/mol. The van der Waals surface area contributed by atoms with Crippen LogP contribution >= 0.6 is 0 Å². The average molecular weight is 402 g/mol. The van der Waals surface area contributed by atoms with Crippen LogP contribution in [0.5, 0.6) is 0 Å². The SMILES string of the molecule is COCC(=O)N1CCC[C@@H]1c1cc2nc(C3CCN(C(C)C)CC3)cc(=O)n2[nH]1. The first-order valence-corrected chi connectivity index (χ1v) is 10.6. The Hall–Kier alpha value is -2.19. The monoisotopic (exact) mass is 401 g/mol. The maximum Gasteiger partial charge on any atom is 0.272 e. The van der Waals surface area contributed by atoms with E-state index < -0.39 is 0 Å². The second kappa shape index (κ2) is 8.28. The molecule has 2 aromatic heterocycles. The zero-order valence-electron chi connectivity index (χ0n) is 17.6. The van der Waals surface area contributed by atoms with Gasteiger partial charge in [-0.1, -0.05) is 0 Å². The highest BCUT2D eigenvalue weighted by Crippen LogP contribution is 2.32. The Bertz CT molecular complexity index is 926. The number of amides is 1. The maximum absolute atomic E-state index is 12.7. The largest absolute Gasteiger partial charge is 0.375 e. The van der Waals surface area contributed by atoms with Crippen LogP contribution in [0.3, 0.4) is 0 Å². The van der Waals surface area contributed by atoms with Gasteiger partial charge in [0.25, 0.3) is 5.56 Å². The number of carbonyl (C=O) groups is 1. The second-order valence-electron chi connectivity index (χ2n) is 8.51. The minimum absolute atomic E-state index is 0.0217. The molecule has 2 saturated heterocycles. The van der Waals surface area contributed by atoms with Gasteiger partial charge in [-0.3, -0.25) is 14.7 Å². The molecule has 0 bridgehead atoms. The van der Waals surface area contributed by atoms with Crippen LogP contribution in [0.25, 0.3) is 5.65 Å². The van der Waals surface area contributed by atoms with E-state index in [1.165, 1.54) is 11.6 Å². The molecular formula is C21H31N5O3. The topological polar surface area (TPSA) is 82.9 Å². The highest BCUT2D eigenvalue weighted by atomic mass is 16.5. The summed E-state index contributed by atoms with van der Waals surface area (Å²) in [6, 6.07) is 4.10. The number of nitrogens with zero attached hydrogens (tertiary/aromatic N) is 4. The number of rotatable bonds is 5. The zero-order valence-corrected chi connectivity index (χ0v) is 17.6. The van der Waals surface area contributed by atoms with E-state index in [2.05, 4.69) is 23.8 Å². The first kappa shape index (κ1) is 20.1. The molecule has 0 spiro atoms. The first-order chi connectivity index (χ1) is 14.0. The third-order valence-electron chi connectivity index (χ3n) is 6.37. The van der Waals surface area contributed by atoms with Crippen molar-refractivity contribution in [2.45, 2.75) is 57.5 Å². The van der Waals surface area contributed by atoms with E-state index in [-0.39, 0.29) is 24.1 Å². The fourth-order valence-electron chi connectivity index (χ4n) is 4.71. The summed E-state index contributed by atoms with van der Waals surface area (Å²) in [4.78, 5) is 34.2. The Morgan fingerprint density at radius 2 is 2.00 bits per heavy atom. The lowest BCUT2D eigenvalue weighted by Gasteiger charge is -2.34. The lowest BCUT2D eigenvalue weighted by molar-refractivity contribution is -0.136. The molecule has 29 heavy (non-hydrogen) atoms. The number of aromatic amines is 1. The number of carbonyl (C=O) groups excluding carboxylic acids is 1. The summed E-state index contributed by atoms with van der Waals surface area (Å²) in [5, 5.41) is 3.18. The molecule has 1 amide bonds. The predicted molar refractivity (Wildman–Crippen MR) is 110 cm³/mol. The van der Waals surface area contributed by atoms with Crippen molar-refractivity contribution >= 4 is 11.6 Å². The van der Waals surface area contributed by atoms with E-state index in [1.54, 1.807) is 6.07 Å². The average Bonchev–Trinajstić information content (AvgIpc) is 3.35. The van der Waals surface area contributed by atoms with Crippen LogP contribution < -0.4 is 5.56 Å². The van der Waals surface area contributed by atoms with Crippen molar-refractivity contribution in [2.24, 2.45) is 0 Å². The van der Waals surface area contributed by atoms with Crippen molar-refractivity contribution in [1.29, 1.82) is 0 Å². The third-order valence-corrected chi connectivity index (χ3v) is 6.37. The highest BCUT2D eigenvalue weighted by Gasteiger charge is 2.31. The molecule has 1 atom stereocenters. The molecule has 2 aliphatic heterocycles. The fourth-order valence-corrected chi connectivity index (χ4v) is 4.71. The molecule has 1 N–H and O–H groups in total. The molecule has 0 saturated carbocycles. The number of ether oxygens (including phenoxy) is 1. The van der Waals surface area contributed by atoms with Crippen molar-refractivity contribution in [3.05, 3.63) is 33.9 Å². The number of H-pyrrole nitrogens is 1. The third kappa shape index (κ3) is 3.96. The molecule has 0 aromatic carbocycles. The summed E-state index contributed by atoms with van der Waals surface area (Å²) < 4.78 is 6.51. The summed E-state index contributed by atoms with van der Waals surface area (Å²) in [5.41, 5.74) is 2.31. The smallest absolute Gasteiger partial charge is 0.272 e. The van der Waals surface area contributed by atoms with Crippen LogP contribution in [-0.2, 0) is 9.53 Å². The van der Waals surface area contributed by atoms with Gasteiger partial charge in [-0.05, 0) is 52.6 Å². The number of hydrogen-bond acceptors (Lipinski definition) is 5. The van der Waals surface area contributed by atoms with Gasteiger partial charge in [-0.2, -0.15) is 0 Å². The van der Waals surface area contributed by atoms with Crippen molar-refractivity contribution < 1.29 is 9.53 Å². The van der Waals surface area contributed by atoms with Crippen LogP contribution in [0.1, 0.15) is 62.9 Å². The Morgan fingerprint density at radius 3 is 2.69 bits per heavy atom. The van der Waals surface area contributed by atoms with E-state index >= 15 is 0 Å². The normalized spacial score (nSPS) is 21.5. The number of methoxy groups -OCH3 is 1. The van der Waals surface area contributed by atoms with Crippen LogP contribution in [0, 0.1) is 0 Å². The van der Waals surface area contributed by atoms with Gasteiger partial charge in [0.1, 0.15) is 6.61 Å². The predicted octanol–water partition coefficient (Wildman–Crippen LogP) is 1.92. The molecule has 8 nitrogen and oxygen atoms in total. The maximum atomic E-state index is 12.7. The molecule has 0 aliphatic carbocycles. The van der Waals surface area contributed by atoms with Gasteiger partial charge in [-0.25, -0.2) is 9.50 Å². The Kier molecular flexibility index (Phi) is 5.74. The van der Waals surface area contributed by atoms with Gasteiger partial charge in [0.2, 0.25) is 5.91 Å². The Morgan fingerprint density at radius 1 is 1.24 bits per heavy atom. The Labute approximate surface area is 170 Å². The highest BCUT2D eigenvalue weighted by molar-refractivity contribution is 5.78. The van der Waals surface area contributed by atoms with E-state index in [4.69, 9.17) is 9.72 Å². The first-order valence-electron chi connectivity index (χ1n) is 10.6. The number of fused-ring (bicyclic) bond motifs is 1. The fraction of sp³-hybridized carbons (Fsp3) is 0.667. The minimum Gasteiger partial charge on any atom is -0.375 e. The van der Waals surface area contributed by atoms with Gasteiger partial charge >= 0.3 is 0 Å². The van der Waals surface area contributed by atoms with Crippen LogP contribution in [-0.4, -0.2) is 69.7 Å². The molecule has 2 fully saturated rings. The zero-order chi connectivity index (χ0) is 20.5. The van der Waals surface area contributed by atoms with Crippen molar-refractivity contribution in [3.63, 3.8) is 0 Å². The summed E-state index contributed by atoms with van der Waals surface area (Å²) in [5.74, 6) is 0.305. The van der Waals surface area contributed by atoms with E-state index in [0.717, 1.165) is 50.2 Å². The lowest BCUT2D eigenvalue weighted by atomic mass is 9.92. The standard InChI is InChI=1S/C21H31N5O3/c1-14(2)24-9-6-15(7-10-24)16-12-20(27)26-19(22-16)11-17(23-26)18-5-4-8-25(18)21(28)13-29-3/h11-12,14-15,18,23H,4-10,13H2,1-3H3/t18-/m1/s1. The quantitative estimate of drug-likeness (QED) is 0.828. The molecule has 4 heterocycles. The molecule has 2 aliphatic rings. The molecule has 0 radical (unpaired) electrons. The van der Waals surface area contributed by atoms with Crippen LogP contribution in [0.4, 0.5) is 0 Å². The summed E-state index contributed by atoms with van der Waals surface area (Å²) in [6.45, 7) is 7.32. The van der Waals surface area contributed by atoms with E-state index in [0.29, 0.717) is 24.2 Å². The summed E-state index contributed by atoms with van der Waals surface area (Å²) in [7, 11) is 1.53. The molecule has 4 rings (SSSR count).